The number of carbonyl (C=O) groups excluding carboxylic acids is 11. The molecule has 2 fully saturated rings. The van der Waals surface area contributed by atoms with Gasteiger partial charge in [0.1, 0.15) is 48.0 Å². The van der Waals surface area contributed by atoms with E-state index in [2.05, 4.69) is 58.2 Å². The second kappa shape index (κ2) is 34.1. The van der Waals surface area contributed by atoms with Gasteiger partial charge in [0, 0.05) is 62.9 Å². The van der Waals surface area contributed by atoms with Crippen LogP contribution in [0.4, 0.5) is 0 Å². The number of hydrogen-bond donors (Lipinski definition) is 13. The van der Waals surface area contributed by atoms with E-state index in [4.69, 9.17) is 0 Å². The Morgan fingerprint density at radius 1 is 0.587 bits per heavy atom. The van der Waals surface area contributed by atoms with Crippen LogP contribution in [0.5, 0.6) is 5.75 Å². The predicted octanol–water partition coefficient (Wildman–Crippen LogP) is -0.361. The van der Waals surface area contributed by atoms with Crippen molar-refractivity contribution in [3.63, 3.8) is 0 Å². The minimum absolute atomic E-state index is 0.0412. The van der Waals surface area contributed by atoms with Gasteiger partial charge in [-0.15, -0.1) is 0 Å². The van der Waals surface area contributed by atoms with Crippen molar-refractivity contribution in [2.24, 2.45) is 0 Å². The molecule has 7 rings (SSSR count). The van der Waals surface area contributed by atoms with Crippen LogP contribution in [0.2, 0.25) is 0 Å². The van der Waals surface area contributed by atoms with Crippen LogP contribution in [0.3, 0.4) is 0 Å². The molecule has 0 saturated carbocycles. The molecule has 4 aromatic carbocycles. The van der Waals surface area contributed by atoms with E-state index < -0.39 is 133 Å². The molecule has 0 spiro atoms. The molecule has 11 amide bonds. The number of nitrogens with one attached hydrogen (secondary N) is 11. The zero-order chi connectivity index (χ0) is 66.3. The Kier molecular flexibility index (Phi) is 25.7. The van der Waals surface area contributed by atoms with Crippen molar-refractivity contribution >= 4 is 81.9 Å². The first-order chi connectivity index (χ1) is 44.2. The van der Waals surface area contributed by atoms with Gasteiger partial charge in [-0.2, -0.15) is 0 Å². The molecule has 0 radical (unpaired) electrons. The lowest BCUT2D eigenvalue weighted by atomic mass is 10.00. The van der Waals surface area contributed by atoms with E-state index in [-0.39, 0.29) is 76.2 Å². The molecule has 0 unspecified atom stereocenters. The summed E-state index contributed by atoms with van der Waals surface area (Å²) in [6.07, 6.45) is 2.29. The number of carboxylic acid groups (broad SMARTS) is 1. The molecule has 92 heavy (non-hydrogen) atoms. The van der Waals surface area contributed by atoms with Gasteiger partial charge in [-0.1, -0.05) is 111 Å². The third-order valence-electron chi connectivity index (χ3n) is 16.0. The van der Waals surface area contributed by atoms with Crippen molar-refractivity contribution in [3.05, 3.63) is 137 Å². The number of rotatable bonds is 18. The van der Waals surface area contributed by atoms with Gasteiger partial charge in [0.25, 0.3) is 0 Å². The fourth-order valence-corrected chi connectivity index (χ4v) is 10.9. The van der Waals surface area contributed by atoms with Crippen LogP contribution in [0, 0.1) is 0 Å². The van der Waals surface area contributed by atoms with Crippen molar-refractivity contribution in [1.82, 2.24) is 68.0 Å². The summed E-state index contributed by atoms with van der Waals surface area (Å²) >= 11 is 0. The number of nitrogens with zero attached hydrogens (tertiary/aromatic N) is 2. The maximum atomic E-state index is 15.1. The number of unbranched alkanes of at least 4 members (excludes halogenated alkanes) is 2. The van der Waals surface area contributed by atoms with Gasteiger partial charge < -0.3 is 78.2 Å². The standard InChI is InChI=1S/C65H81N13O14/c1-4-5-7-17-47-60(87)74-50(31-43-34-67-46-16-11-10-15-45(43)46)59(86)70-37-56(82)72-48(28-41-23-25-44(79)26-24-41)61(88)76-51(32-58(84)85)65(92)78-27-12-18-52(78)63(90)71-36-55(81)69-38-57(83)77(3)53(30-39-13-8-6-9-14-39)64(91)75-49(62(89)73-47)29-40-19-21-42(22-20-40)33-68-54(80)35-66-2/h6,8-11,13-16,19-26,34,47-53,66-67,79H,4-5,7,12,17-18,27-33,35-38H2,1-3H3,(H,68,80)(H,69,81)(H,70,86)(H,71,90)(H,72,82)(H,73,89)(H,74,87)(H,75,91)(H,76,88)(H,84,85)/t47-,48-,49-,50-,51-,52+,53-/m0/s1. The summed E-state index contributed by atoms with van der Waals surface area (Å²) in [6.45, 7) is 0.0706. The topological polar surface area (TPSA) is 388 Å². The minimum Gasteiger partial charge on any atom is -0.508 e. The van der Waals surface area contributed by atoms with Gasteiger partial charge in [0.15, 0.2) is 0 Å². The number of carbonyl (C=O) groups is 12. The van der Waals surface area contributed by atoms with Gasteiger partial charge in [-0.25, -0.2) is 0 Å². The van der Waals surface area contributed by atoms with E-state index in [0.717, 1.165) is 27.3 Å². The molecule has 2 saturated heterocycles. The lowest BCUT2D eigenvalue weighted by Crippen LogP contribution is -2.60. The van der Waals surface area contributed by atoms with E-state index >= 15 is 4.79 Å². The number of likely N-dealkylation sites (N-methyl/N-ethyl adjacent to an activating group) is 2. The first-order valence-electron chi connectivity index (χ1n) is 30.7. The Morgan fingerprint density at radius 2 is 1.16 bits per heavy atom. The van der Waals surface area contributed by atoms with E-state index in [1.807, 2.05) is 25.1 Å². The number of fused-ring (bicyclic) bond motifs is 2. The Morgan fingerprint density at radius 3 is 1.85 bits per heavy atom. The zero-order valence-electron chi connectivity index (χ0n) is 51.6. The summed E-state index contributed by atoms with van der Waals surface area (Å²) in [5.41, 5.74) is 3.63. The summed E-state index contributed by atoms with van der Waals surface area (Å²) in [5, 5.41) is 47.3. The highest BCUT2D eigenvalue weighted by atomic mass is 16.4. The van der Waals surface area contributed by atoms with Gasteiger partial charge in [0.2, 0.25) is 65.0 Å². The number of aromatic hydroxyl groups is 1. The maximum Gasteiger partial charge on any atom is 0.305 e. The molecule has 0 aliphatic carbocycles. The molecule has 7 atom stereocenters. The van der Waals surface area contributed by atoms with Gasteiger partial charge >= 0.3 is 5.97 Å². The molecule has 27 heteroatoms. The van der Waals surface area contributed by atoms with E-state index in [0.29, 0.717) is 40.5 Å². The number of H-pyrrole nitrogens is 1. The Balaban J connectivity index is 1.25. The maximum absolute atomic E-state index is 15.1. The monoisotopic (exact) mass is 1270 g/mol. The Bertz CT molecular complexity index is 3440. The van der Waals surface area contributed by atoms with Crippen molar-refractivity contribution in [2.75, 3.05) is 46.8 Å². The molecule has 2 aliphatic rings. The van der Waals surface area contributed by atoms with Crippen molar-refractivity contribution in [2.45, 2.75) is 126 Å². The third kappa shape index (κ3) is 20.4. The van der Waals surface area contributed by atoms with E-state index in [1.165, 1.54) is 31.3 Å². The summed E-state index contributed by atoms with van der Waals surface area (Å²) in [4.78, 5) is 173. The number of aromatic amines is 1. The van der Waals surface area contributed by atoms with Gasteiger partial charge in [-0.05, 0) is 72.3 Å². The number of carboxylic acids is 1. The number of hydrogen-bond acceptors (Lipinski definition) is 14. The van der Waals surface area contributed by atoms with Crippen molar-refractivity contribution in [3.8, 4) is 5.75 Å². The number of para-hydroxylation sites is 1. The van der Waals surface area contributed by atoms with Crippen LogP contribution in [0.25, 0.3) is 10.9 Å². The predicted molar refractivity (Wildman–Crippen MR) is 336 cm³/mol. The molecule has 13 N–H and O–H groups in total. The summed E-state index contributed by atoms with van der Waals surface area (Å²) in [6, 6.07) is 18.4. The highest BCUT2D eigenvalue weighted by molar-refractivity contribution is 5.99. The lowest BCUT2D eigenvalue weighted by Gasteiger charge is -2.30. The SMILES string of the molecule is CCCCC[C@@H]1NC(=O)[C@H](Cc2ccc(CNC(=O)CNC)cc2)NC(=O)[C@H](Cc2ccccc2)N(C)C(=O)CNC(=O)CNC(=O)[C@H]2CCCN2C(=O)[C@H](CC(=O)O)NC(=O)[C@H](Cc2ccc(O)cc2)NC(=O)CNC(=O)[C@H](Cc2c[nH]c3ccccc23)NC1=O. The molecule has 490 valence electrons. The van der Waals surface area contributed by atoms with Crippen LogP contribution >= 0.6 is 0 Å². The number of aromatic nitrogens is 1. The molecule has 1 aromatic heterocycles. The first-order valence-corrected chi connectivity index (χ1v) is 30.7. The fraction of sp³-hybridized carbons (Fsp3) is 0.415. The Labute approximate surface area is 531 Å². The summed E-state index contributed by atoms with van der Waals surface area (Å²) in [7, 11) is 2.99. The zero-order valence-corrected chi connectivity index (χ0v) is 51.6. The van der Waals surface area contributed by atoms with E-state index in [9.17, 15) is 63.0 Å². The molecule has 2 aliphatic heterocycles. The normalized spacial score (nSPS) is 21.5. The molecule has 27 nitrogen and oxygen atoms in total. The summed E-state index contributed by atoms with van der Waals surface area (Å²) < 4.78 is 0. The van der Waals surface area contributed by atoms with Crippen LogP contribution in [0.1, 0.15) is 79.7 Å². The highest BCUT2D eigenvalue weighted by Gasteiger charge is 2.40. The number of benzene rings is 4. The number of aliphatic carboxylic acids is 1. The first kappa shape index (κ1) is 69.3. The van der Waals surface area contributed by atoms with Crippen molar-refractivity contribution < 1.29 is 67.7 Å². The van der Waals surface area contributed by atoms with Crippen molar-refractivity contribution in [1.29, 1.82) is 0 Å². The van der Waals surface area contributed by atoms with Crippen LogP contribution in [-0.4, -0.2) is 185 Å². The number of phenols is 1. The molecular weight excluding hydrogens is 1190 g/mol. The van der Waals surface area contributed by atoms with E-state index in [1.54, 1.807) is 73.9 Å². The molecular formula is C65H81N13O14. The quantitative estimate of drug-likeness (QED) is 0.0499. The smallest absolute Gasteiger partial charge is 0.305 e. The molecule has 0 bridgehead atoms. The number of phenolic OH excluding ortho intramolecular Hbond substituents is 1. The lowest BCUT2D eigenvalue weighted by molar-refractivity contribution is -0.146. The molecule has 5 aromatic rings. The summed E-state index contributed by atoms with van der Waals surface area (Å²) in [5.74, 6) is -10.4. The molecule has 3 heterocycles. The van der Waals surface area contributed by atoms with Gasteiger partial charge in [-0.3, -0.25) is 57.5 Å². The largest absolute Gasteiger partial charge is 0.508 e. The van der Waals surface area contributed by atoms with Crippen LogP contribution < -0.4 is 53.2 Å². The van der Waals surface area contributed by atoms with Crippen LogP contribution in [-0.2, 0) is 89.8 Å². The average Bonchev–Trinajstić information content (AvgIpc) is 1.71. The third-order valence-corrected chi connectivity index (χ3v) is 16.0. The minimum atomic E-state index is -1.78. The van der Waals surface area contributed by atoms with Crippen LogP contribution in [0.15, 0.2) is 109 Å². The van der Waals surface area contributed by atoms with Gasteiger partial charge in [0.05, 0.1) is 32.6 Å². The highest BCUT2D eigenvalue weighted by Crippen LogP contribution is 2.22. The average molecular weight is 1270 g/mol. The Hall–Kier alpha value is -10.2. The number of amides is 11. The second-order valence-electron chi connectivity index (χ2n) is 22.8. The fourth-order valence-electron chi connectivity index (χ4n) is 10.9. The second-order valence-corrected chi connectivity index (χ2v) is 22.8.